The molecule has 0 saturated heterocycles. The van der Waals surface area contributed by atoms with Gasteiger partial charge in [0.2, 0.25) is 5.28 Å². The number of rotatable bonds is 1. The van der Waals surface area contributed by atoms with Crippen molar-refractivity contribution in [1.29, 1.82) is 0 Å². The predicted octanol–water partition coefficient (Wildman–Crippen LogP) is 2.89. The second-order valence-corrected chi connectivity index (χ2v) is 4.26. The first-order chi connectivity index (χ1) is 7.50. The molecule has 2 aromatic rings. The minimum absolute atomic E-state index is 0.198. The zero-order chi connectivity index (χ0) is 11.9. The molecule has 0 bridgehead atoms. The van der Waals surface area contributed by atoms with Crippen LogP contribution in [0, 0.1) is 20.8 Å². The Morgan fingerprint density at radius 1 is 1.19 bits per heavy atom. The SMILES string of the molecule is Cc1cnc(Cl)nc1-n1nc(C)c(Cl)c1C. The lowest BCUT2D eigenvalue weighted by molar-refractivity contribution is 0.792. The lowest BCUT2D eigenvalue weighted by Crippen LogP contribution is -2.05. The first-order valence-electron chi connectivity index (χ1n) is 4.72. The van der Waals surface area contributed by atoms with Gasteiger partial charge < -0.3 is 0 Å². The zero-order valence-electron chi connectivity index (χ0n) is 9.12. The van der Waals surface area contributed by atoms with E-state index >= 15 is 0 Å². The molecule has 0 aliphatic carbocycles. The highest BCUT2D eigenvalue weighted by atomic mass is 35.5. The number of hydrogen-bond donors (Lipinski definition) is 0. The van der Waals surface area contributed by atoms with E-state index in [2.05, 4.69) is 15.1 Å². The molecule has 0 saturated carbocycles. The molecule has 0 spiro atoms. The zero-order valence-corrected chi connectivity index (χ0v) is 10.6. The number of aromatic nitrogens is 4. The molecule has 84 valence electrons. The van der Waals surface area contributed by atoms with E-state index in [-0.39, 0.29) is 5.28 Å². The lowest BCUT2D eigenvalue weighted by atomic mass is 10.3. The standard InChI is InChI=1S/C10H10Cl2N4/c1-5-4-13-10(12)14-9(5)16-7(3)8(11)6(2)15-16/h4H,1-3H3. The summed E-state index contributed by atoms with van der Waals surface area (Å²) in [7, 11) is 0. The fourth-order valence-electron chi connectivity index (χ4n) is 1.46. The van der Waals surface area contributed by atoms with Gasteiger partial charge in [-0.3, -0.25) is 0 Å². The van der Waals surface area contributed by atoms with Crippen LogP contribution < -0.4 is 0 Å². The van der Waals surface area contributed by atoms with Gasteiger partial charge in [0.15, 0.2) is 5.82 Å². The monoisotopic (exact) mass is 256 g/mol. The molecular formula is C10H10Cl2N4. The van der Waals surface area contributed by atoms with E-state index in [0.29, 0.717) is 10.8 Å². The summed E-state index contributed by atoms with van der Waals surface area (Å²) in [5, 5.41) is 5.16. The number of nitrogens with zero attached hydrogens (tertiary/aromatic N) is 4. The van der Waals surface area contributed by atoms with E-state index in [1.165, 1.54) is 0 Å². The minimum Gasteiger partial charge on any atom is -0.226 e. The lowest BCUT2D eigenvalue weighted by Gasteiger charge is -2.06. The number of halogens is 2. The predicted molar refractivity (Wildman–Crippen MR) is 63.4 cm³/mol. The van der Waals surface area contributed by atoms with Crippen LogP contribution in [0.15, 0.2) is 6.20 Å². The normalized spacial score (nSPS) is 10.8. The van der Waals surface area contributed by atoms with Crippen LogP contribution >= 0.6 is 23.2 Å². The molecule has 0 aliphatic rings. The molecule has 16 heavy (non-hydrogen) atoms. The van der Waals surface area contributed by atoms with Crippen molar-refractivity contribution in [2.45, 2.75) is 20.8 Å². The molecule has 6 heteroatoms. The average molecular weight is 257 g/mol. The molecule has 2 aromatic heterocycles. The van der Waals surface area contributed by atoms with Gasteiger partial charge in [-0.1, -0.05) is 11.6 Å². The Balaban J connectivity index is 2.67. The van der Waals surface area contributed by atoms with Gasteiger partial charge in [-0.25, -0.2) is 9.67 Å². The molecule has 2 heterocycles. The maximum Gasteiger partial charge on any atom is 0.224 e. The Morgan fingerprint density at radius 2 is 1.88 bits per heavy atom. The Morgan fingerprint density at radius 3 is 2.44 bits per heavy atom. The van der Waals surface area contributed by atoms with Crippen molar-refractivity contribution in [2.24, 2.45) is 0 Å². The third kappa shape index (κ3) is 1.79. The van der Waals surface area contributed by atoms with Crippen molar-refractivity contribution in [1.82, 2.24) is 19.7 Å². The summed E-state index contributed by atoms with van der Waals surface area (Å²) in [5.41, 5.74) is 2.51. The Bertz CT molecular complexity index is 548. The second-order valence-electron chi connectivity index (χ2n) is 3.54. The Hall–Kier alpha value is -1.13. The summed E-state index contributed by atoms with van der Waals surface area (Å²) in [4.78, 5) is 8.06. The van der Waals surface area contributed by atoms with Crippen molar-refractivity contribution in [2.75, 3.05) is 0 Å². The molecule has 0 atom stereocenters. The topological polar surface area (TPSA) is 43.6 Å². The quantitative estimate of drug-likeness (QED) is 0.738. The van der Waals surface area contributed by atoms with Crippen LogP contribution in [0.4, 0.5) is 0 Å². The molecule has 0 N–H and O–H groups in total. The van der Waals surface area contributed by atoms with Crippen LogP contribution in [0.2, 0.25) is 10.3 Å². The molecular weight excluding hydrogens is 247 g/mol. The highest BCUT2D eigenvalue weighted by molar-refractivity contribution is 6.31. The van der Waals surface area contributed by atoms with E-state index in [1.807, 2.05) is 20.8 Å². The van der Waals surface area contributed by atoms with E-state index < -0.39 is 0 Å². The van der Waals surface area contributed by atoms with Crippen molar-refractivity contribution in [3.8, 4) is 5.82 Å². The van der Waals surface area contributed by atoms with Gasteiger partial charge >= 0.3 is 0 Å². The van der Waals surface area contributed by atoms with E-state index in [0.717, 1.165) is 17.0 Å². The third-order valence-electron chi connectivity index (χ3n) is 2.32. The summed E-state index contributed by atoms with van der Waals surface area (Å²) in [6.07, 6.45) is 1.66. The Kier molecular flexibility index (Phi) is 2.86. The van der Waals surface area contributed by atoms with Gasteiger partial charge in [-0.15, -0.1) is 0 Å². The molecule has 0 radical (unpaired) electrons. The summed E-state index contributed by atoms with van der Waals surface area (Å²) in [6, 6.07) is 0. The van der Waals surface area contributed by atoms with Gasteiger partial charge in [0.1, 0.15) is 0 Å². The van der Waals surface area contributed by atoms with Crippen molar-refractivity contribution in [3.63, 3.8) is 0 Å². The fraction of sp³-hybridized carbons (Fsp3) is 0.300. The summed E-state index contributed by atoms with van der Waals surface area (Å²) in [6.45, 7) is 5.64. The maximum atomic E-state index is 6.08. The fourth-order valence-corrected chi connectivity index (χ4v) is 1.70. The van der Waals surface area contributed by atoms with Crippen LogP contribution in [-0.4, -0.2) is 19.7 Å². The van der Waals surface area contributed by atoms with Crippen LogP contribution in [0.3, 0.4) is 0 Å². The van der Waals surface area contributed by atoms with Crippen LogP contribution in [0.1, 0.15) is 17.0 Å². The van der Waals surface area contributed by atoms with E-state index in [1.54, 1.807) is 10.9 Å². The van der Waals surface area contributed by atoms with Gasteiger partial charge in [-0.2, -0.15) is 10.1 Å². The Labute approximate surface area is 103 Å². The minimum atomic E-state index is 0.198. The number of hydrogen-bond acceptors (Lipinski definition) is 3. The summed E-state index contributed by atoms with van der Waals surface area (Å²) in [5.74, 6) is 0.660. The van der Waals surface area contributed by atoms with Crippen molar-refractivity contribution < 1.29 is 0 Å². The molecule has 0 aliphatic heterocycles. The highest BCUT2D eigenvalue weighted by Gasteiger charge is 2.13. The molecule has 0 fully saturated rings. The average Bonchev–Trinajstić information content (AvgIpc) is 2.50. The first-order valence-corrected chi connectivity index (χ1v) is 5.47. The molecule has 0 unspecified atom stereocenters. The molecule has 0 amide bonds. The largest absolute Gasteiger partial charge is 0.226 e. The van der Waals surface area contributed by atoms with Gasteiger partial charge in [-0.05, 0) is 32.4 Å². The van der Waals surface area contributed by atoms with E-state index in [9.17, 15) is 0 Å². The van der Waals surface area contributed by atoms with Crippen LogP contribution in [0.5, 0.6) is 0 Å². The first kappa shape index (κ1) is 11.4. The smallest absolute Gasteiger partial charge is 0.224 e. The van der Waals surface area contributed by atoms with Gasteiger partial charge in [0.25, 0.3) is 0 Å². The molecule has 4 nitrogen and oxygen atoms in total. The van der Waals surface area contributed by atoms with Crippen LogP contribution in [0.25, 0.3) is 5.82 Å². The second kappa shape index (κ2) is 4.03. The third-order valence-corrected chi connectivity index (χ3v) is 3.05. The summed E-state index contributed by atoms with van der Waals surface area (Å²) < 4.78 is 1.68. The van der Waals surface area contributed by atoms with Crippen molar-refractivity contribution in [3.05, 3.63) is 33.5 Å². The highest BCUT2D eigenvalue weighted by Crippen LogP contribution is 2.23. The van der Waals surface area contributed by atoms with Crippen molar-refractivity contribution >= 4 is 23.2 Å². The molecule has 2 rings (SSSR count). The summed E-state index contributed by atoms with van der Waals surface area (Å²) >= 11 is 11.8. The maximum absolute atomic E-state index is 6.08. The van der Waals surface area contributed by atoms with E-state index in [4.69, 9.17) is 23.2 Å². The number of aryl methyl sites for hydroxylation is 2. The van der Waals surface area contributed by atoms with Gasteiger partial charge in [0, 0.05) is 11.8 Å². The molecule has 0 aromatic carbocycles. The van der Waals surface area contributed by atoms with Crippen LogP contribution in [-0.2, 0) is 0 Å². The van der Waals surface area contributed by atoms with Gasteiger partial charge in [0.05, 0.1) is 16.4 Å².